The maximum absolute atomic E-state index is 13.3. The molecule has 194 valence electrons. The minimum atomic E-state index is -5.02. The second-order valence-corrected chi connectivity index (χ2v) is 9.61. The number of hydrogen-bond acceptors (Lipinski definition) is 7. The number of nitrogens with one attached hydrogen (secondary N) is 1. The first kappa shape index (κ1) is 26.1. The lowest BCUT2D eigenvalue weighted by molar-refractivity contribution is -0.274. The zero-order valence-electron chi connectivity index (χ0n) is 19.8. The van der Waals surface area contributed by atoms with Crippen LogP contribution in [0.1, 0.15) is 30.8 Å². The number of nitrogens with zero attached hydrogens (tertiary/aromatic N) is 4. The average molecular weight is 534 g/mol. The number of carbonyl (C=O) groups is 3. The summed E-state index contributed by atoms with van der Waals surface area (Å²) < 4.78 is 43.1. The first-order chi connectivity index (χ1) is 17.5. The van der Waals surface area contributed by atoms with E-state index in [1.807, 2.05) is 0 Å². The summed E-state index contributed by atoms with van der Waals surface area (Å²) >= 11 is 1.35. The Kier molecular flexibility index (Phi) is 7.16. The number of halogens is 3. The fraction of sp³-hybridized carbons (Fsp3) is 0.292. The minimum Gasteiger partial charge on any atom is -0.404 e. The molecule has 9 nitrogen and oxygen atoms in total. The fourth-order valence-corrected chi connectivity index (χ4v) is 4.40. The van der Waals surface area contributed by atoms with Crippen molar-refractivity contribution < 1.29 is 32.3 Å². The molecule has 37 heavy (non-hydrogen) atoms. The van der Waals surface area contributed by atoms with E-state index >= 15 is 0 Å². The molecule has 2 aromatic heterocycles. The van der Waals surface area contributed by atoms with E-state index in [-0.39, 0.29) is 24.3 Å². The van der Waals surface area contributed by atoms with Gasteiger partial charge in [0.15, 0.2) is 5.75 Å². The lowest BCUT2D eigenvalue weighted by Gasteiger charge is -2.27. The van der Waals surface area contributed by atoms with Crippen molar-refractivity contribution in [3.8, 4) is 5.75 Å². The van der Waals surface area contributed by atoms with Crippen molar-refractivity contribution in [3.05, 3.63) is 64.9 Å². The normalized spacial score (nSPS) is 15.3. The Labute approximate surface area is 213 Å². The number of amides is 4. The molecule has 0 bridgehead atoms. The molecular weight excluding hydrogens is 511 g/mol. The van der Waals surface area contributed by atoms with Gasteiger partial charge >= 0.3 is 12.4 Å². The molecular formula is C24H22F3N5O4S. The van der Waals surface area contributed by atoms with Crippen LogP contribution in [0, 0.1) is 0 Å². The third kappa shape index (κ3) is 5.88. The number of pyridine rings is 1. The van der Waals surface area contributed by atoms with E-state index in [9.17, 15) is 27.6 Å². The van der Waals surface area contributed by atoms with Crippen LogP contribution in [-0.4, -0.2) is 44.6 Å². The number of aromatic nitrogens is 2. The number of aryl methyl sites for hydroxylation is 1. The highest BCUT2D eigenvalue weighted by molar-refractivity contribution is 7.09. The number of urea groups is 1. The number of carbonyl (C=O) groups excluding carboxylic acids is 3. The minimum absolute atomic E-state index is 0.00921. The van der Waals surface area contributed by atoms with Crippen LogP contribution in [0.5, 0.6) is 5.75 Å². The van der Waals surface area contributed by atoms with E-state index in [2.05, 4.69) is 20.0 Å². The third-order valence-corrected chi connectivity index (χ3v) is 6.52. The molecule has 1 aliphatic heterocycles. The largest absolute Gasteiger partial charge is 0.573 e. The van der Waals surface area contributed by atoms with Gasteiger partial charge in [-0.25, -0.2) is 14.7 Å². The van der Waals surface area contributed by atoms with E-state index < -0.39 is 35.5 Å². The molecule has 1 aromatic carbocycles. The number of anilines is 2. The summed E-state index contributed by atoms with van der Waals surface area (Å²) in [6, 6.07) is 5.99. The smallest absolute Gasteiger partial charge is 0.404 e. The Balaban J connectivity index is 1.61. The van der Waals surface area contributed by atoms with Gasteiger partial charge < -0.3 is 15.0 Å². The maximum Gasteiger partial charge on any atom is 0.573 e. The van der Waals surface area contributed by atoms with Crippen molar-refractivity contribution in [3.63, 3.8) is 0 Å². The topological polar surface area (TPSA) is 105 Å². The Morgan fingerprint density at radius 1 is 1.14 bits per heavy atom. The lowest BCUT2D eigenvalue weighted by atomic mass is 10.0. The summed E-state index contributed by atoms with van der Waals surface area (Å²) in [5.41, 5.74) is -0.832. The summed E-state index contributed by atoms with van der Waals surface area (Å²) in [4.78, 5) is 49.4. The number of imide groups is 1. The van der Waals surface area contributed by atoms with Crippen LogP contribution in [0.3, 0.4) is 0 Å². The number of rotatable bonds is 8. The van der Waals surface area contributed by atoms with Crippen LogP contribution in [0.25, 0.3) is 0 Å². The molecule has 1 aliphatic rings. The van der Waals surface area contributed by atoms with E-state index in [0.29, 0.717) is 11.4 Å². The molecule has 3 aromatic rings. The number of alkyl halides is 3. The molecule has 1 saturated heterocycles. The van der Waals surface area contributed by atoms with Gasteiger partial charge in [0.05, 0.1) is 16.4 Å². The van der Waals surface area contributed by atoms with E-state index in [1.54, 1.807) is 50.0 Å². The van der Waals surface area contributed by atoms with Crippen LogP contribution >= 0.6 is 11.3 Å². The van der Waals surface area contributed by atoms with Gasteiger partial charge in [0, 0.05) is 43.4 Å². The van der Waals surface area contributed by atoms with Gasteiger partial charge in [0.25, 0.3) is 5.91 Å². The molecule has 0 unspecified atom stereocenters. The summed E-state index contributed by atoms with van der Waals surface area (Å²) in [7, 11) is 0. The van der Waals surface area contributed by atoms with Crippen LogP contribution in [-0.2, 0) is 22.6 Å². The number of ether oxygens (including phenoxy) is 1. The molecule has 0 radical (unpaired) electrons. The fourth-order valence-electron chi connectivity index (χ4n) is 3.78. The highest BCUT2D eigenvalue weighted by Crippen LogP contribution is 2.38. The van der Waals surface area contributed by atoms with Crippen LogP contribution in [0.2, 0.25) is 0 Å². The highest BCUT2D eigenvalue weighted by atomic mass is 32.1. The van der Waals surface area contributed by atoms with Crippen LogP contribution in [0.4, 0.5) is 29.3 Å². The summed E-state index contributed by atoms with van der Waals surface area (Å²) in [5.74, 6) is -1.83. The zero-order valence-corrected chi connectivity index (χ0v) is 20.6. The SMILES string of the molecule is CC1(C)C(=O)N(c2ccc(OC(F)(F)F)c(NC(=O)CCc3nccs3)c2)C(=O)N1Cc1ccncc1. The van der Waals surface area contributed by atoms with Crippen LogP contribution in [0.15, 0.2) is 54.3 Å². The molecule has 3 heterocycles. The van der Waals surface area contributed by atoms with Gasteiger partial charge in [-0.3, -0.25) is 14.6 Å². The van der Waals surface area contributed by atoms with Gasteiger partial charge in [-0.1, -0.05) is 0 Å². The van der Waals surface area contributed by atoms with Crippen LogP contribution < -0.4 is 15.0 Å². The molecule has 4 amide bonds. The van der Waals surface area contributed by atoms with E-state index in [0.717, 1.165) is 28.7 Å². The summed E-state index contributed by atoms with van der Waals surface area (Å²) in [5, 5.41) is 4.84. The Hall–Kier alpha value is -4.00. The summed E-state index contributed by atoms with van der Waals surface area (Å²) in [6.07, 6.45) is -0.0707. The maximum atomic E-state index is 13.3. The van der Waals surface area contributed by atoms with Gasteiger partial charge in [-0.15, -0.1) is 24.5 Å². The Morgan fingerprint density at radius 2 is 1.86 bits per heavy atom. The van der Waals surface area contributed by atoms with Crippen molar-refractivity contribution >= 4 is 40.6 Å². The first-order valence-electron chi connectivity index (χ1n) is 11.1. The van der Waals surface area contributed by atoms with E-state index in [1.165, 1.54) is 16.2 Å². The molecule has 13 heteroatoms. The van der Waals surface area contributed by atoms with Crippen molar-refractivity contribution in [2.24, 2.45) is 0 Å². The second kappa shape index (κ2) is 10.2. The summed E-state index contributed by atoms with van der Waals surface area (Å²) in [6.45, 7) is 3.28. The van der Waals surface area contributed by atoms with Crippen molar-refractivity contribution in [2.75, 3.05) is 10.2 Å². The van der Waals surface area contributed by atoms with Gasteiger partial charge in [-0.05, 0) is 49.7 Å². The van der Waals surface area contributed by atoms with Crippen molar-refractivity contribution in [2.45, 2.75) is 45.1 Å². The van der Waals surface area contributed by atoms with E-state index in [4.69, 9.17) is 0 Å². The molecule has 0 saturated carbocycles. The predicted molar refractivity (Wildman–Crippen MR) is 129 cm³/mol. The Morgan fingerprint density at radius 3 is 2.51 bits per heavy atom. The molecule has 0 atom stereocenters. The third-order valence-electron chi connectivity index (χ3n) is 5.68. The number of benzene rings is 1. The molecule has 0 aliphatic carbocycles. The molecule has 4 rings (SSSR count). The predicted octanol–water partition coefficient (Wildman–Crippen LogP) is 4.76. The van der Waals surface area contributed by atoms with Crippen molar-refractivity contribution in [1.82, 2.24) is 14.9 Å². The lowest BCUT2D eigenvalue weighted by Crippen LogP contribution is -2.43. The first-order valence-corrected chi connectivity index (χ1v) is 12.0. The standard InChI is InChI=1S/C24H22F3N5O4S/c1-23(2)21(34)32(22(35)31(23)14-15-7-9-28-10-8-15)16-3-4-18(36-24(25,26)27)17(13-16)30-19(33)5-6-20-29-11-12-37-20/h3-4,7-13H,5-6,14H2,1-2H3,(H,30,33). The van der Waals surface area contributed by atoms with Crippen molar-refractivity contribution in [1.29, 1.82) is 0 Å². The zero-order chi connectivity index (χ0) is 26.8. The molecule has 1 N–H and O–H groups in total. The van der Waals surface area contributed by atoms with Gasteiger partial charge in [-0.2, -0.15) is 0 Å². The second-order valence-electron chi connectivity index (χ2n) is 8.63. The molecule has 1 fully saturated rings. The van der Waals surface area contributed by atoms with Gasteiger partial charge in [0.2, 0.25) is 5.91 Å². The number of thiazole rings is 1. The quantitative estimate of drug-likeness (QED) is 0.419. The average Bonchev–Trinajstić information content (AvgIpc) is 3.41. The highest BCUT2D eigenvalue weighted by Gasteiger charge is 2.52. The monoisotopic (exact) mass is 533 g/mol. The van der Waals surface area contributed by atoms with Gasteiger partial charge in [0.1, 0.15) is 5.54 Å². The molecule has 0 spiro atoms. The Bertz CT molecular complexity index is 1300. The number of hydrogen-bond donors (Lipinski definition) is 1.